The number of nitrogens with zero attached hydrogens (tertiary/aromatic N) is 2. The fourth-order valence-corrected chi connectivity index (χ4v) is 2.85. The number of benzene rings is 1. The Morgan fingerprint density at radius 1 is 1.17 bits per heavy atom. The molecule has 1 heterocycles. The average molecular weight is 333 g/mol. The molecule has 1 aromatic carbocycles. The van der Waals surface area contributed by atoms with Crippen molar-refractivity contribution in [1.29, 1.82) is 0 Å². The monoisotopic (exact) mass is 333 g/mol. The molecule has 0 saturated carbocycles. The molecule has 0 bridgehead atoms. The van der Waals surface area contributed by atoms with Crippen molar-refractivity contribution in [2.75, 3.05) is 12.4 Å². The van der Waals surface area contributed by atoms with E-state index in [-0.39, 0.29) is 11.3 Å². The molecule has 0 aliphatic rings. The molecule has 0 radical (unpaired) electrons. The van der Waals surface area contributed by atoms with Crippen molar-refractivity contribution in [3.63, 3.8) is 0 Å². The van der Waals surface area contributed by atoms with Crippen LogP contribution in [0, 0.1) is 5.41 Å². The molecule has 1 N–H and O–H groups in total. The number of methoxy groups -OCH3 is 1. The summed E-state index contributed by atoms with van der Waals surface area (Å²) in [6.45, 7) is 6.10. The molecule has 0 spiro atoms. The van der Waals surface area contributed by atoms with Crippen LogP contribution in [0.15, 0.2) is 24.3 Å². The second kappa shape index (κ2) is 7.55. The lowest BCUT2D eigenvalue weighted by molar-refractivity contribution is -0.117. The summed E-state index contributed by atoms with van der Waals surface area (Å²) in [5.41, 5.74) is 1.19. The number of hydrogen-bond donors (Lipinski definition) is 1. The molecule has 0 atom stereocenters. The quantitative estimate of drug-likeness (QED) is 0.875. The molecule has 0 aliphatic heterocycles. The van der Waals surface area contributed by atoms with Crippen LogP contribution >= 0.6 is 11.3 Å². The Hall–Kier alpha value is -1.95. The fourth-order valence-electron chi connectivity index (χ4n) is 2.09. The lowest BCUT2D eigenvalue weighted by Gasteiger charge is -2.16. The van der Waals surface area contributed by atoms with Crippen molar-refractivity contribution in [3.05, 3.63) is 34.8 Å². The van der Waals surface area contributed by atoms with Crippen LogP contribution < -0.4 is 10.1 Å². The number of carbonyl (C=O) groups is 1. The Morgan fingerprint density at radius 3 is 2.48 bits per heavy atom. The minimum atomic E-state index is -0.0357. The van der Waals surface area contributed by atoms with Crippen molar-refractivity contribution in [2.24, 2.45) is 5.41 Å². The number of carbonyl (C=O) groups excluding carboxylic acids is 1. The number of hydrogen-bond acceptors (Lipinski definition) is 5. The van der Waals surface area contributed by atoms with Gasteiger partial charge in [0.15, 0.2) is 0 Å². The van der Waals surface area contributed by atoms with E-state index in [4.69, 9.17) is 4.74 Å². The highest BCUT2D eigenvalue weighted by molar-refractivity contribution is 7.15. The third-order valence-corrected chi connectivity index (χ3v) is 4.09. The number of ether oxygens (including phenoxy) is 1. The molecule has 0 fully saturated rings. The molecular formula is C17H23N3O2S. The van der Waals surface area contributed by atoms with Crippen LogP contribution in [0.1, 0.15) is 37.8 Å². The molecule has 1 aromatic heterocycles. The van der Waals surface area contributed by atoms with Crippen LogP contribution in [0.3, 0.4) is 0 Å². The predicted octanol–water partition coefficient (Wildman–Crippen LogP) is 3.71. The van der Waals surface area contributed by atoms with Gasteiger partial charge in [0.1, 0.15) is 10.8 Å². The van der Waals surface area contributed by atoms with Gasteiger partial charge < -0.3 is 10.1 Å². The first-order chi connectivity index (χ1) is 10.9. The molecule has 2 aromatic rings. The number of aromatic nitrogens is 2. The minimum Gasteiger partial charge on any atom is -0.497 e. The highest BCUT2D eigenvalue weighted by Gasteiger charge is 2.17. The van der Waals surface area contributed by atoms with Gasteiger partial charge in [-0.2, -0.15) is 0 Å². The Kier molecular flexibility index (Phi) is 5.71. The topological polar surface area (TPSA) is 64.1 Å². The van der Waals surface area contributed by atoms with Gasteiger partial charge in [0.05, 0.1) is 7.11 Å². The van der Waals surface area contributed by atoms with Crippen molar-refractivity contribution in [2.45, 2.75) is 40.0 Å². The van der Waals surface area contributed by atoms with E-state index in [1.54, 1.807) is 7.11 Å². The smallest absolute Gasteiger partial charge is 0.226 e. The molecule has 23 heavy (non-hydrogen) atoms. The molecule has 0 saturated heterocycles. The van der Waals surface area contributed by atoms with Crippen LogP contribution in [0.4, 0.5) is 5.13 Å². The highest BCUT2D eigenvalue weighted by atomic mass is 32.1. The summed E-state index contributed by atoms with van der Waals surface area (Å²) in [6.07, 6.45) is 2.15. The molecule has 124 valence electrons. The van der Waals surface area contributed by atoms with Gasteiger partial charge in [-0.25, -0.2) is 0 Å². The normalized spacial score (nSPS) is 11.3. The van der Waals surface area contributed by atoms with Gasteiger partial charge in [-0.15, -0.1) is 10.2 Å². The van der Waals surface area contributed by atoms with Gasteiger partial charge in [0, 0.05) is 12.8 Å². The van der Waals surface area contributed by atoms with Gasteiger partial charge in [-0.3, -0.25) is 4.79 Å². The van der Waals surface area contributed by atoms with Crippen molar-refractivity contribution in [1.82, 2.24) is 10.2 Å². The third kappa shape index (κ3) is 5.98. The standard InChI is InChI=1S/C17H23N3O2S/c1-17(2,3)11-14(21)18-16-20-19-15(23-16)10-7-12-5-8-13(22-4)9-6-12/h5-6,8-9H,7,10-11H2,1-4H3,(H,18,20,21). The first-order valence-corrected chi connectivity index (χ1v) is 8.42. The number of amides is 1. The fraction of sp³-hybridized carbons (Fsp3) is 0.471. The second-order valence-electron chi connectivity index (χ2n) is 6.63. The summed E-state index contributed by atoms with van der Waals surface area (Å²) in [5.74, 6) is 0.837. The minimum absolute atomic E-state index is 0.0182. The predicted molar refractivity (Wildman–Crippen MR) is 93.0 cm³/mol. The molecule has 0 unspecified atom stereocenters. The maximum atomic E-state index is 11.9. The summed E-state index contributed by atoms with van der Waals surface area (Å²) in [7, 11) is 1.66. The van der Waals surface area contributed by atoms with E-state index >= 15 is 0 Å². The molecular weight excluding hydrogens is 310 g/mol. The van der Waals surface area contributed by atoms with E-state index in [9.17, 15) is 4.79 Å². The molecule has 1 amide bonds. The second-order valence-corrected chi connectivity index (χ2v) is 7.70. The summed E-state index contributed by atoms with van der Waals surface area (Å²) in [4.78, 5) is 11.9. The number of rotatable bonds is 6. The maximum absolute atomic E-state index is 11.9. The van der Waals surface area contributed by atoms with Crippen molar-refractivity contribution >= 4 is 22.4 Å². The van der Waals surface area contributed by atoms with Crippen LogP contribution in [0.5, 0.6) is 5.75 Å². The molecule has 2 rings (SSSR count). The largest absolute Gasteiger partial charge is 0.497 e. The summed E-state index contributed by atoms with van der Waals surface area (Å²) >= 11 is 1.44. The van der Waals surface area contributed by atoms with E-state index in [2.05, 4.69) is 15.5 Å². The lowest BCUT2D eigenvalue weighted by atomic mass is 9.92. The average Bonchev–Trinajstić information content (AvgIpc) is 2.91. The zero-order valence-corrected chi connectivity index (χ0v) is 14.9. The van der Waals surface area contributed by atoms with Crippen LogP contribution in [0.25, 0.3) is 0 Å². The molecule has 0 aliphatic carbocycles. The number of anilines is 1. The van der Waals surface area contributed by atoms with E-state index in [1.807, 2.05) is 45.0 Å². The SMILES string of the molecule is COc1ccc(CCc2nnc(NC(=O)CC(C)(C)C)s2)cc1. The Labute approximate surface area is 141 Å². The highest BCUT2D eigenvalue weighted by Crippen LogP contribution is 2.22. The third-order valence-electron chi connectivity index (χ3n) is 3.19. The van der Waals surface area contributed by atoms with E-state index in [1.165, 1.54) is 16.9 Å². The van der Waals surface area contributed by atoms with E-state index in [0.29, 0.717) is 11.6 Å². The summed E-state index contributed by atoms with van der Waals surface area (Å²) in [6, 6.07) is 8.00. The Morgan fingerprint density at radius 2 is 1.87 bits per heavy atom. The zero-order chi connectivity index (χ0) is 16.9. The van der Waals surface area contributed by atoms with Crippen LogP contribution in [-0.2, 0) is 17.6 Å². The first kappa shape index (κ1) is 17.4. The first-order valence-electron chi connectivity index (χ1n) is 7.61. The van der Waals surface area contributed by atoms with Crippen molar-refractivity contribution < 1.29 is 9.53 Å². The number of nitrogens with one attached hydrogen (secondary N) is 1. The van der Waals surface area contributed by atoms with Gasteiger partial charge in [-0.05, 0) is 29.5 Å². The van der Waals surface area contributed by atoms with E-state index in [0.717, 1.165) is 23.6 Å². The summed E-state index contributed by atoms with van der Waals surface area (Å²) < 4.78 is 5.15. The van der Waals surface area contributed by atoms with Gasteiger partial charge in [0.2, 0.25) is 11.0 Å². The number of aryl methyl sites for hydroxylation is 2. The van der Waals surface area contributed by atoms with Gasteiger partial charge in [0.25, 0.3) is 0 Å². The lowest BCUT2D eigenvalue weighted by Crippen LogP contribution is -2.19. The van der Waals surface area contributed by atoms with Gasteiger partial charge >= 0.3 is 0 Å². The Balaban J connectivity index is 1.85. The van der Waals surface area contributed by atoms with Gasteiger partial charge in [-0.1, -0.05) is 44.2 Å². The molecule has 6 heteroatoms. The van der Waals surface area contributed by atoms with E-state index < -0.39 is 0 Å². The van der Waals surface area contributed by atoms with Crippen LogP contribution in [-0.4, -0.2) is 23.2 Å². The van der Waals surface area contributed by atoms with Crippen molar-refractivity contribution in [3.8, 4) is 5.75 Å². The zero-order valence-electron chi connectivity index (χ0n) is 14.0. The summed E-state index contributed by atoms with van der Waals surface area (Å²) in [5, 5.41) is 12.5. The maximum Gasteiger partial charge on any atom is 0.226 e. The van der Waals surface area contributed by atoms with Crippen LogP contribution in [0.2, 0.25) is 0 Å². The molecule has 5 nitrogen and oxygen atoms in total. The Bertz CT molecular complexity index is 645.